The first-order valence-electron chi connectivity index (χ1n) is 5.26. The Hall–Kier alpha value is -1.92. The number of ether oxygens (including phenoxy) is 1. The van der Waals surface area contributed by atoms with Crippen LogP contribution < -0.4 is 10.6 Å². The van der Waals surface area contributed by atoms with Gasteiger partial charge in [0, 0.05) is 10.6 Å². The normalized spacial score (nSPS) is 10.8. The molecule has 0 amide bonds. The van der Waals surface area contributed by atoms with Crippen LogP contribution in [0, 0.1) is 0 Å². The summed E-state index contributed by atoms with van der Waals surface area (Å²) < 4.78 is 16.2. The Bertz CT molecular complexity index is 461. The van der Waals surface area contributed by atoms with Crippen molar-refractivity contribution in [3.8, 4) is 0 Å². The molecule has 85 valence electrons. The summed E-state index contributed by atoms with van der Waals surface area (Å²) >= 11 is 0. The van der Waals surface area contributed by atoms with Crippen molar-refractivity contribution in [1.29, 1.82) is 0 Å². The van der Waals surface area contributed by atoms with Gasteiger partial charge in [-0.15, -0.1) is 0 Å². The molecule has 1 aliphatic rings. The lowest BCUT2D eigenvalue weighted by molar-refractivity contribution is 0.541. The summed E-state index contributed by atoms with van der Waals surface area (Å²) in [7, 11) is -1.42. The fourth-order valence-electron chi connectivity index (χ4n) is 1.28. The zero-order valence-corrected chi connectivity index (χ0v) is 10.1. The molecule has 17 heavy (non-hydrogen) atoms. The molecule has 0 N–H and O–H groups in total. The molecule has 3 heteroatoms. The highest BCUT2D eigenvalue weighted by Gasteiger charge is 2.05. The van der Waals surface area contributed by atoms with Crippen molar-refractivity contribution in [2.24, 2.45) is 0 Å². The molecule has 0 aliphatic carbocycles. The predicted octanol–water partition coefficient (Wildman–Crippen LogP) is 2.95. The molecule has 2 nitrogen and oxygen atoms in total. The van der Waals surface area contributed by atoms with Crippen LogP contribution in [0.15, 0.2) is 73.2 Å². The van der Waals surface area contributed by atoms with Crippen LogP contribution in [-0.2, 0) is 9.30 Å². The van der Waals surface area contributed by atoms with Crippen molar-refractivity contribution in [1.82, 2.24) is 0 Å². The van der Waals surface area contributed by atoms with Gasteiger partial charge in [0.1, 0.15) is 20.3 Å². The van der Waals surface area contributed by atoms with E-state index in [1.807, 2.05) is 60.7 Å². The number of hydrogen-bond donors (Lipinski definition) is 0. The van der Waals surface area contributed by atoms with Gasteiger partial charge in [-0.25, -0.2) is 0 Å². The lowest BCUT2D eigenvalue weighted by atomic mass is 10.4. The van der Waals surface area contributed by atoms with E-state index in [0.717, 1.165) is 10.6 Å². The highest BCUT2D eigenvalue weighted by atomic mass is 31.1. The van der Waals surface area contributed by atoms with E-state index in [9.17, 15) is 4.57 Å². The summed E-state index contributed by atoms with van der Waals surface area (Å²) in [5.74, 6) is 0. The lowest BCUT2D eigenvalue weighted by Crippen LogP contribution is -2.04. The molecule has 0 saturated carbocycles. The molecule has 0 fully saturated rings. The second-order valence-electron chi connectivity index (χ2n) is 3.37. The second kappa shape index (κ2) is 5.97. The van der Waals surface area contributed by atoms with Crippen molar-refractivity contribution in [2.75, 3.05) is 0 Å². The molecule has 1 heterocycles. The standard InChI is InChI=1S/C12H10OP.C2H2O/c13-14(11-7-3-1-4-8-11)12-9-5-2-6-10-12;1-2-3-1/h1-10H;1-2H. The van der Waals surface area contributed by atoms with Crippen LogP contribution in [0.3, 0.4) is 0 Å². The van der Waals surface area contributed by atoms with Crippen LogP contribution in [0.25, 0.3) is 0 Å². The smallest absolute Gasteiger partial charge is 0.136 e. The van der Waals surface area contributed by atoms with Gasteiger partial charge in [0.05, 0.1) is 0 Å². The quantitative estimate of drug-likeness (QED) is 0.759. The number of hydrogen-bond acceptors (Lipinski definition) is 2. The highest BCUT2D eigenvalue weighted by molar-refractivity contribution is 7.61. The maximum atomic E-state index is 12.0. The Labute approximate surface area is 101 Å². The fraction of sp³-hybridized carbons (Fsp3) is 0. The zero-order valence-electron chi connectivity index (χ0n) is 9.19. The maximum absolute atomic E-state index is 12.0. The number of rotatable bonds is 2. The summed E-state index contributed by atoms with van der Waals surface area (Å²) in [5.41, 5.74) is 0. The Balaban J connectivity index is 0.000000313. The second-order valence-corrected chi connectivity index (χ2v) is 5.00. The molecule has 0 bridgehead atoms. The van der Waals surface area contributed by atoms with Crippen molar-refractivity contribution >= 4 is 18.4 Å². The molecule has 2 aromatic rings. The first-order valence-corrected chi connectivity index (χ1v) is 6.52. The minimum Gasteiger partial charge on any atom is -0.466 e. The van der Waals surface area contributed by atoms with E-state index in [4.69, 9.17) is 0 Å². The van der Waals surface area contributed by atoms with Crippen molar-refractivity contribution in [3.63, 3.8) is 0 Å². The van der Waals surface area contributed by atoms with Crippen molar-refractivity contribution in [3.05, 3.63) is 73.2 Å². The molecule has 2 aromatic carbocycles. The molecule has 0 aromatic heterocycles. The first-order chi connectivity index (χ1) is 8.38. The monoisotopic (exact) mass is 243 g/mol. The van der Waals surface area contributed by atoms with Gasteiger partial charge in [-0.2, -0.15) is 0 Å². The lowest BCUT2D eigenvalue weighted by Gasteiger charge is -1.99. The van der Waals surface area contributed by atoms with Crippen LogP contribution in [0.2, 0.25) is 0 Å². The van der Waals surface area contributed by atoms with Gasteiger partial charge >= 0.3 is 0 Å². The van der Waals surface area contributed by atoms with Crippen LogP contribution in [-0.4, -0.2) is 0 Å². The third-order valence-corrected chi connectivity index (χ3v) is 3.65. The summed E-state index contributed by atoms with van der Waals surface area (Å²) in [6.07, 6.45) is 3.25. The van der Waals surface area contributed by atoms with Crippen molar-refractivity contribution in [2.45, 2.75) is 0 Å². The largest absolute Gasteiger partial charge is 0.466 e. The van der Waals surface area contributed by atoms with Gasteiger partial charge in [0.15, 0.2) is 0 Å². The number of benzene rings is 2. The van der Waals surface area contributed by atoms with Gasteiger partial charge in [-0.1, -0.05) is 36.4 Å². The van der Waals surface area contributed by atoms with E-state index in [-0.39, 0.29) is 0 Å². The molecule has 0 saturated heterocycles. The van der Waals surface area contributed by atoms with E-state index < -0.39 is 7.80 Å². The third kappa shape index (κ3) is 3.86. The van der Waals surface area contributed by atoms with Gasteiger partial charge in [-0.05, 0) is 24.3 Å². The summed E-state index contributed by atoms with van der Waals surface area (Å²) in [5, 5.41) is 1.77. The third-order valence-electron chi connectivity index (χ3n) is 2.12. The Morgan fingerprint density at radius 3 is 1.35 bits per heavy atom. The van der Waals surface area contributed by atoms with Crippen LogP contribution in [0.1, 0.15) is 0 Å². The van der Waals surface area contributed by atoms with E-state index >= 15 is 0 Å². The Morgan fingerprint density at radius 2 is 1.06 bits per heavy atom. The van der Waals surface area contributed by atoms with Gasteiger partial charge < -0.3 is 4.74 Å². The Kier molecular flexibility index (Phi) is 4.06. The minimum atomic E-state index is -1.42. The SMILES string of the molecule is C1=CO1.O=[P](c1ccccc1)c1ccccc1. The summed E-state index contributed by atoms with van der Waals surface area (Å²) in [6, 6.07) is 19.1. The highest BCUT2D eigenvalue weighted by Crippen LogP contribution is 2.18. The first kappa shape index (κ1) is 11.6. The molecule has 3 rings (SSSR count). The molecule has 1 aliphatic heterocycles. The Morgan fingerprint density at radius 1 is 0.706 bits per heavy atom. The molecule has 1 radical (unpaired) electrons. The van der Waals surface area contributed by atoms with Crippen LogP contribution in [0.4, 0.5) is 0 Å². The molecule has 0 atom stereocenters. The summed E-state index contributed by atoms with van der Waals surface area (Å²) in [6.45, 7) is 0. The van der Waals surface area contributed by atoms with Crippen LogP contribution >= 0.6 is 7.80 Å². The van der Waals surface area contributed by atoms with E-state index in [0.29, 0.717) is 0 Å². The van der Waals surface area contributed by atoms with E-state index in [2.05, 4.69) is 4.74 Å². The van der Waals surface area contributed by atoms with Crippen LogP contribution in [0.5, 0.6) is 0 Å². The van der Waals surface area contributed by atoms with Crippen molar-refractivity contribution < 1.29 is 9.30 Å². The topological polar surface area (TPSA) is 29.6 Å². The van der Waals surface area contributed by atoms with Gasteiger partial charge in [0.25, 0.3) is 0 Å². The maximum Gasteiger partial charge on any atom is 0.136 e. The summed E-state index contributed by atoms with van der Waals surface area (Å²) in [4.78, 5) is 0. The molecular weight excluding hydrogens is 231 g/mol. The molecule has 0 unspecified atom stereocenters. The molecule has 0 spiro atoms. The fourth-order valence-corrected chi connectivity index (χ4v) is 2.46. The van der Waals surface area contributed by atoms with E-state index in [1.165, 1.54) is 0 Å². The van der Waals surface area contributed by atoms with Gasteiger partial charge in [-0.3, -0.25) is 4.57 Å². The zero-order chi connectivity index (χ0) is 11.9. The average molecular weight is 243 g/mol. The minimum absolute atomic E-state index is 0.883. The predicted molar refractivity (Wildman–Crippen MR) is 70.0 cm³/mol. The van der Waals surface area contributed by atoms with Gasteiger partial charge in [0.2, 0.25) is 0 Å². The average Bonchev–Trinajstić information content (AvgIpc) is 3.28. The molecular formula is C14H12O2P. The van der Waals surface area contributed by atoms with E-state index in [1.54, 1.807) is 12.5 Å².